The van der Waals surface area contributed by atoms with E-state index in [1.165, 1.54) is 16.8 Å². The topological polar surface area (TPSA) is 107 Å². The van der Waals surface area contributed by atoms with E-state index < -0.39 is 11.9 Å². The molecule has 0 fully saturated rings. The fraction of sp³-hybridized carbons (Fsp3) is 0.158. The molecule has 0 aliphatic carbocycles. The van der Waals surface area contributed by atoms with Crippen molar-refractivity contribution in [3.63, 3.8) is 0 Å². The van der Waals surface area contributed by atoms with Crippen molar-refractivity contribution < 1.29 is 23.8 Å². The third-order valence-corrected chi connectivity index (χ3v) is 3.98. The predicted octanol–water partition coefficient (Wildman–Crippen LogP) is 3.43. The van der Waals surface area contributed by atoms with Crippen LogP contribution >= 0.6 is 12.2 Å². The van der Waals surface area contributed by atoms with Gasteiger partial charge in [-0.05, 0) is 55.0 Å². The molecule has 9 heteroatoms. The average molecular weight is 399 g/mol. The number of aryl methyl sites for hydroxylation is 1. The number of ether oxygens (including phenoxy) is 1. The lowest BCUT2D eigenvalue weighted by molar-refractivity contribution is -0.117. The van der Waals surface area contributed by atoms with Crippen molar-refractivity contribution in [3.05, 3.63) is 70.4 Å². The number of aromatic carboxylic acids is 1. The van der Waals surface area contributed by atoms with E-state index in [2.05, 4.69) is 10.4 Å². The number of carbonyl (C=O) groups excluding carboxylic acids is 1. The van der Waals surface area contributed by atoms with Gasteiger partial charge in [0.05, 0.1) is 5.56 Å². The van der Waals surface area contributed by atoms with E-state index in [-0.39, 0.29) is 29.4 Å². The van der Waals surface area contributed by atoms with E-state index >= 15 is 0 Å². The van der Waals surface area contributed by atoms with Gasteiger partial charge in [-0.1, -0.05) is 18.2 Å². The molecular weight excluding hydrogens is 382 g/mol. The fourth-order valence-corrected chi connectivity index (χ4v) is 2.63. The molecule has 0 aliphatic rings. The van der Waals surface area contributed by atoms with Crippen LogP contribution < -0.4 is 10.1 Å². The number of hydrogen-bond acceptors (Lipinski definition) is 6. The number of benzene rings is 2. The number of anilines is 1. The van der Waals surface area contributed by atoms with Crippen molar-refractivity contribution in [1.29, 1.82) is 0 Å². The molecule has 1 aromatic heterocycles. The van der Waals surface area contributed by atoms with E-state index in [1.807, 2.05) is 31.2 Å². The Hall–Kier alpha value is -3.46. The Labute approximate surface area is 165 Å². The fourth-order valence-electron chi connectivity index (χ4n) is 2.42. The molecule has 3 aromatic rings. The molecule has 0 saturated heterocycles. The van der Waals surface area contributed by atoms with Gasteiger partial charge in [-0.2, -0.15) is 0 Å². The lowest BCUT2D eigenvalue weighted by Crippen LogP contribution is -2.20. The summed E-state index contributed by atoms with van der Waals surface area (Å²) in [5.74, 6) is -0.579. The van der Waals surface area contributed by atoms with Crippen LogP contribution in [0.1, 0.15) is 21.8 Å². The zero-order valence-electron chi connectivity index (χ0n) is 14.9. The normalized spacial score (nSPS) is 10.5. The summed E-state index contributed by atoms with van der Waals surface area (Å²) in [4.78, 5) is 23.2. The maximum Gasteiger partial charge on any atom is 0.335 e. The summed E-state index contributed by atoms with van der Waals surface area (Å²) in [6.45, 7) is 1.85. The van der Waals surface area contributed by atoms with Gasteiger partial charge in [0.25, 0.3) is 10.7 Å². The summed E-state index contributed by atoms with van der Waals surface area (Å²) in [5.41, 5.74) is 1.50. The van der Waals surface area contributed by atoms with E-state index in [0.29, 0.717) is 11.4 Å². The molecule has 0 saturated carbocycles. The van der Waals surface area contributed by atoms with Gasteiger partial charge < -0.3 is 19.6 Å². The smallest absolute Gasteiger partial charge is 0.335 e. The van der Waals surface area contributed by atoms with Gasteiger partial charge in [0.1, 0.15) is 12.3 Å². The molecule has 2 aromatic carbocycles. The molecule has 28 heavy (non-hydrogen) atoms. The lowest BCUT2D eigenvalue weighted by Gasteiger charge is -2.05. The zero-order chi connectivity index (χ0) is 20.1. The van der Waals surface area contributed by atoms with Crippen LogP contribution in [0.15, 0.2) is 52.9 Å². The summed E-state index contributed by atoms with van der Waals surface area (Å²) in [6, 6.07) is 13.5. The molecular formula is C19H17N3O5S. The van der Waals surface area contributed by atoms with Gasteiger partial charge in [-0.15, -0.1) is 5.10 Å². The van der Waals surface area contributed by atoms with Crippen LogP contribution in [0.2, 0.25) is 0 Å². The monoisotopic (exact) mass is 399 g/mol. The highest BCUT2D eigenvalue weighted by Gasteiger charge is 2.12. The van der Waals surface area contributed by atoms with Crippen LogP contribution in [0.3, 0.4) is 0 Å². The number of aromatic nitrogens is 2. The Bertz CT molecular complexity index is 1070. The van der Waals surface area contributed by atoms with E-state index in [9.17, 15) is 9.59 Å². The molecule has 8 nitrogen and oxygen atoms in total. The second-order valence-corrected chi connectivity index (χ2v) is 6.31. The summed E-state index contributed by atoms with van der Waals surface area (Å²) < 4.78 is 12.2. The van der Waals surface area contributed by atoms with Crippen molar-refractivity contribution in [2.75, 3.05) is 5.32 Å². The van der Waals surface area contributed by atoms with Gasteiger partial charge in [-0.25, -0.2) is 9.48 Å². The summed E-state index contributed by atoms with van der Waals surface area (Å²) in [7, 11) is 0. The highest BCUT2D eigenvalue weighted by molar-refractivity contribution is 7.71. The molecule has 0 spiro atoms. The first kappa shape index (κ1) is 19.3. The Morgan fingerprint density at radius 2 is 2.04 bits per heavy atom. The predicted molar refractivity (Wildman–Crippen MR) is 103 cm³/mol. The molecule has 1 heterocycles. The average Bonchev–Trinajstić information content (AvgIpc) is 2.99. The Kier molecular flexibility index (Phi) is 5.85. The first-order valence-corrected chi connectivity index (χ1v) is 8.71. The molecule has 0 unspecified atom stereocenters. The van der Waals surface area contributed by atoms with Crippen LogP contribution in [0, 0.1) is 11.8 Å². The first-order valence-electron chi connectivity index (χ1n) is 8.30. The number of amides is 1. The maximum atomic E-state index is 12.2. The summed E-state index contributed by atoms with van der Waals surface area (Å²) in [5, 5.41) is 15.7. The molecule has 0 bridgehead atoms. The van der Waals surface area contributed by atoms with Crippen molar-refractivity contribution in [1.82, 2.24) is 9.78 Å². The van der Waals surface area contributed by atoms with Gasteiger partial charge in [0.2, 0.25) is 5.91 Å². The van der Waals surface area contributed by atoms with Gasteiger partial charge in [0, 0.05) is 5.69 Å². The molecule has 2 N–H and O–H groups in total. The van der Waals surface area contributed by atoms with Crippen molar-refractivity contribution in [3.8, 4) is 5.75 Å². The number of hydrogen-bond donors (Lipinski definition) is 2. The SMILES string of the molecule is Cc1cccc(OCc2nn(CC(=O)Nc3cccc(C(=O)O)c3)c(=S)o2)c1. The van der Waals surface area contributed by atoms with Crippen LogP contribution in [0.4, 0.5) is 5.69 Å². The van der Waals surface area contributed by atoms with Crippen LogP contribution in [0.25, 0.3) is 0 Å². The zero-order valence-corrected chi connectivity index (χ0v) is 15.7. The molecule has 0 atom stereocenters. The van der Waals surface area contributed by atoms with Gasteiger partial charge in [0.15, 0.2) is 6.61 Å². The van der Waals surface area contributed by atoms with Crippen LogP contribution in [0.5, 0.6) is 5.75 Å². The van der Waals surface area contributed by atoms with Crippen molar-refractivity contribution in [2.24, 2.45) is 0 Å². The standard InChI is InChI=1S/C19H17N3O5S/c1-12-4-2-7-15(8-12)26-11-17-21-22(19(28)27-17)10-16(23)20-14-6-3-5-13(9-14)18(24)25/h2-9H,10-11H2,1H3,(H,20,23)(H,24,25). The summed E-state index contributed by atoms with van der Waals surface area (Å²) in [6.07, 6.45) is 0. The largest absolute Gasteiger partial charge is 0.484 e. The second-order valence-electron chi connectivity index (χ2n) is 5.96. The molecule has 1 amide bonds. The van der Waals surface area contributed by atoms with Crippen LogP contribution in [-0.4, -0.2) is 26.8 Å². The van der Waals surface area contributed by atoms with E-state index in [0.717, 1.165) is 5.56 Å². The van der Waals surface area contributed by atoms with E-state index in [1.54, 1.807) is 12.1 Å². The number of nitrogens with one attached hydrogen (secondary N) is 1. The number of carboxylic acid groups (broad SMARTS) is 1. The third-order valence-electron chi connectivity index (χ3n) is 3.69. The number of carbonyl (C=O) groups is 2. The third kappa shape index (κ3) is 5.04. The molecule has 0 aliphatic heterocycles. The highest BCUT2D eigenvalue weighted by Crippen LogP contribution is 2.14. The summed E-state index contributed by atoms with van der Waals surface area (Å²) >= 11 is 5.08. The minimum absolute atomic E-state index is 0.0391. The van der Waals surface area contributed by atoms with Gasteiger partial charge >= 0.3 is 5.97 Å². The minimum atomic E-state index is -1.08. The van der Waals surface area contributed by atoms with Gasteiger partial charge in [-0.3, -0.25) is 4.79 Å². The maximum absolute atomic E-state index is 12.2. The minimum Gasteiger partial charge on any atom is -0.484 e. The van der Waals surface area contributed by atoms with E-state index in [4.69, 9.17) is 26.5 Å². The number of rotatable bonds is 7. The number of carboxylic acids is 1. The lowest BCUT2D eigenvalue weighted by atomic mass is 10.2. The molecule has 0 radical (unpaired) electrons. The Balaban J connectivity index is 1.61. The van der Waals surface area contributed by atoms with Crippen molar-refractivity contribution in [2.45, 2.75) is 20.1 Å². The second kappa shape index (κ2) is 8.49. The molecule has 3 rings (SSSR count). The Morgan fingerprint density at radius 3 is 2.79 bits per heavy atom. The molecule has 144 valence electrons. The highest BCUT2D eigenvalue weighted by atomic mass is 32.1. The van der Waals surface area contributed by atoms with Crippen molar-refractivity contribution >= 4 is 29.8 Å². The first-order chi connectivity index (χ1) is 13.4. The quantitative estimate of drug-likeness (QED) is 0.586. The Morgan fingerprint density at radius 1 is 1.25 bits per heavy atom. The van der Waals surface area contributed by atoms with Crippen LogP contribution in [-0.2, 0) is 17.9 Å². The number of nitrogens with zero attached hydrogens (tertiary/aromatic N) is 2.